The predicted octanol–water partition coefficient (Wildman–Crippen LogP) is 4.05. The minimum Gasteiger partial charge on any atom is -0.371 e. The smallest absolute Gasteiger partial charge is 0.137 e. The molecule has 1 fully saturated rings. The van der Waals surface area contributed by atoms with Crippen LogP contribution >= 0.6 is 0 Å². The van der Waals surface area contributed by atoms with Gasteiger partial charge in [0.25, 0.3) is 0 Å². The molecule has 0 bridgehead atoms. The van der Waals surface area contributed by atoms with E-state index in [1.165, 1.54) is 24.9 Å². The van der Waals surface area contributed by atoms with Crippen molar-refractivity contribution in [3.8, 4) is 0 Å². The fourth-order valence-corrected chi connectivity index (χ4v) is 2.83. The number of hydrogen-bond acceptors (Lipinski definition) is 2. The van der Waals surface area contributed by atoms with E-state index in [-0.39, 0.29) is 5.92 Å². The molecule has 0 saturated heterocycles. The Balaban J connectivity index is 2.03. The second-order valence-corrected chi connectivity index (χ2v) is 5.54. The zero-order valence-corrected chi connectivity index (χ0v) is 12.0. The minimum atomic E-state index is 0.255. The van der Waals surface area contributed by atoms with E-state index in [1.54, 1.807) is 0 Å². The average molecular weight is 259 g/mol. The van der Waals surface area contributed by atoms with Crippen LogP contribution in [0.5, 0.6) is 0 Å². The molecule has 2 heteroatoms. The maximum Gasteiger partial charge on any atom is 0.137 e. The summed E-state index contributed by atoms with van der Waals surface area (Å²) in [5, 5.41) is 0. The summed E-state index contributed by atoms with van der Waals surface area (Å²) in [6, 6.07) is 10.5. The number of carbonyl (C=O) groups is 1. The summed E-state index contributed by atoms with van der Waals surface area (Å²) in [5.41, 5.74) is 1.26. The molecular weight excluding hydrogens is 234 g/mol. The quantitative estimate of drug-likeness (QED) is 0.768. The molecule has 0 radical (unpaired) electrons. The van der Waals surface area contributed by atoms with Crippen molar-refractivity contribution in [3.63, 3.8) is 0 Å². The Morgan fingerprint density at radius 1 is 1.21 bits per heavy atom. The van der Waals surface area contributed by atoms with Gasteiger partial charge in [-0.1, -0.05) is 38.0 Å². The molecular formula is C17H25NO. The van der Waals surface area contributed by atoms with Gasteiger partial charge in [-0.25, -0.2) is 0 Å². The number of anilines is 1. The van der Waals surface area contributed by atoms with Gasteiger partial charge in [-0.05, 0) is 31.4 Å². The molecule has 1 saturated carbocycles. The van der Waals surface area contributed by atoms with Crippen LogP contribution in [-0.2, 0) is 4.79 Å². The van der Waals surface area contributed by atoms with E-state index in [9.17, 15) is 4.79 Å². The van der Waals surface area contributed by atoms with Gasteiger partial charge in [-0.15, -0.1) is 0 Å². The van der Waals surface area contributed by atoms with Gasteiger partial charge < -0.3 is 4.90 Å². The fraction of sp³-hybridized carbons (Fsp3) is 0.588. The maximum atomic E-state index is 12.0. The van der Waals surface area contributed by atoms with Gasteiger partial charge >= 0.3 is 0 Å². The first-order valence-corrected chi connectivity index (χ1v) is 7.64. The van der Waals surface area contributed by atoms with E-state index in [2.05, 4.69) is 36.1 Å². The average Bonchev–Trinajstić information content (AvgIpc) is 2.46. The van der Waals surface area contributed by atoms with Crippen LogP contribution in [0.3, 0.4) is 0 Å². The van der Waals surface area contributed by atoms with E-state index in [0.29, 0.717) is 5.78 Å². The number of unbranched alkanes of at least 4 members (excludes halogenated alkanes) is 1. The van der Waals surface area contributed by atoms with Crippen molar-refractivity contribution in [1.29, 1.82) is 0 Å². The van der Waals surface area contributed by atoms with Crippen LogP contribution in [0.2, 0.25) is 0 Å². The molecule has 104 valence electrons. The van der Waals surface area contributed by atoms with Crippen molar-refractivity contribution in [3.05, 3.63) is 30.3 Å². The Morgan fingerprint density at radius 2 is 2.00 bits per heavy atom. The van der Waals surface area contributed by atoms with Gasteiger partial charge in [-0.2, -0.15) is 0 Å². The molecule has 1 atom stereocenters. The highest BCUT2D eigenvalue weighted by molar-refractivity contribution is 5.82. The van der Waals surface area contributed by atoms with E-state index in [4.69, 9.17) is 0 Å². The molecule has 0 N–H and O–H groups in total. The zero-order valence-electron chi connectivity index (χ0n) is 12.0. The number of ketones is 1. The first-order chi connectivity index (χ1) is 9.31. The maximum absolute atomic E-state index is 12.0. The Hall–Kier alpha value is -1.31. The lowest BCUT2D eigenvalue weighted by atomic mass is 9.87. The Bertz CT molecular complexity index is 388. The van der Waals surface area contributed by atoms with Crippen molar-refractivity contribution in [2.24, 2.45) is 5.92 Å². The van der Waals surface area contributed by atoms with Gasteiger partial charge in [0.15, 0.2) is 0 Å². The number of carbonyl (C=O) groups excluding carboxylic acids is 1. The third-order valence-electron chi connectivity index (χ3n) is 4.02. The van der Waals surface area contributed by atoms with Crippen LogP contribution < -0.4 is 4.90 Å². The molecule has 2 nitrogen and oxygen atoms in total. The Labute approximate surface area is 116 Å². The van der Waals surface area contributed by atoms with Gasteiger partial charge in [0.05, 0.1) is 0 Å². The van der Waals surface area contributed by atoms with Crippen molar-refractivity contribution < 1.29 is 4.79 Å². The van der Waals surface area contributed by atoms with Crippen molar-refractivity contribution in [2.45, 2.75) is 45.4 Å². The number of benzene rings is 1. The summed E-state index contributed by atoms with van der Waals surface area (Å²) in [4.78, 5) is 14.4. The molecule has 1 unspecified atom stereocenters. The monoisotopic (exact) mass is 259 g/mol. The molecule has 1 aliphatic carbocycles. The third kappa shape index (κ3) is 4.09. The summed E-state index contributed by atoms with van der Waals surface area (Å²) in [6.07, 6.45) is 6.57. The first kappa shape index (κ1) is 14.1. The largest absolute Gasteiger partial charge is 0.371 e. The lowest BCUT2D eigenvalue weighted by Crippen LogP contribution is -2.35. The molecule has 0 amide bonds. The Morgan fingerprint density at radius 3 is 2.68 bits per heavy atom. The summed E-state index contributed by atoms with van der Waals surface area (Å²) >= 11 is 0. The third-order valence-corrected chi connectivity index (χ3v) is 4.02. The molecule has 1 aromatic carbocycles. The van der Waals surface area contributed by atoms with Crippen LogP contribution in [0, 0.1) is 5.92 Å². The van der Waals surface area contributed by atoms with Crippen molar-refractivity contribution >= 4 is 11.5 Å². The molecule has 0 aliphatic heterocycles. The van der Waals surface area contributed by atoms with E-state index in [1.807, 2.05) is 6.07 Å². The van der Waals surface area contributed by atoms with Crippen LogP contribution in [0.4, 0.5) is 5.69 Å². The predicted molar refractivity (Wildman–Crippen MR) is 80.5 cm³/mol. The molecule has 0 heterocycles. The standard InChI is InChI=1S/C17H25NO/c1-2-3-13-18(16-10-5-4-6-11-16)14-15-9-7-8-12-17(15)19/h4-6,10-11,15H,2-3,7-9,12-14H2,1H3. The lowest BCUT2D eigenvalue weighted by Gasteiger charge is -2.30. The van der Waals surface area contributed by atoms with E-state index < -0.39 is 0 Å². The number of rotatable bonds is 6. The number of para-hydroxylation sites is 1. The molecule has 2 rings (SSSR count). The topological polar surface area (TPSA) is 20.3 Å². The molecule has 1 aliphatic rings. The molecule has 19 heavy (non-hydrogen) atoms. The normalized spacial score (nSPS) is 19.4. The number of hydrogen-bond donors (Lipinski definition) is 0. The highest BCUT2D eigenvalue weighted by atomic mass is 16.1. The van der Waals surface area contributed by atoms with Crippen molar-refractivity contribution in [1.82, 2.24) is 0 Å². The second-order valence-electron chi connectivity index (χ2n) is 5.54. The van der Waals surface area contributed by atoms with E-state index >= 15 is 0 Å². The summed E-state index contributed by atoms with van der Waals surface area (Å²) in [7, 11) is 0. The fourth-order valence-electron chi connectivity index (χ4n) is 2.83. The molecule has 1 aromatic rings. The minimum absolute atomic E-state index is 0.255. The molecule has 0 aromatic heterocycles. The van der Waals surface area contributed by atoms with Gasteiger partial charge in [0, 0.05) is 31.1 Å². The number of nitrogens with zero attached hydrogens (tertiary/aromatic N) is 1. The summed E-state index contributed by atoms with van der Waals surface area (Å²) in [6.45, 7) is 4.18. The second kappa shape index (κ2) is 7.32. The number of Topliss-reactive ketones (excluding diaryl/α,β-unsaturated/α-hetero) is 1. The van der Waals surface area contributed by atoms with Crippen LogP contribution in [0.25, 0.3) is 0 Å². The highest BCUT2D eigenvalue weighted by Gasteiger charge is 2.24. The van der Waals surface area contributed by atoms with Crippen LogP contribution in [0.1, 0.15) is 45.4 Å². The highest BCUT2D eigenvalue weighted by Crippen LogP contribution is 2.24. The first-order valence-electron chi connectivity index (χ1n) is 7.64. The van der Waals surface area contributed by atoms with Crippen LogP contribution in [0.15, 0.2) is 30.3 Å². The van der Waals surface area contributed by atoms with Gasteiger partial charge in [0.1, 0.15) is 5.78 Å². The summed E-state index contributed by atoms with van der Waals surface area (Å²) < 4.78 is 0. The van der Waals surface area contributed by atoms with Gasteiger partial charge in [0.2, 0.25) is 0 Å². The molecule has 0 spiro atoms. The lowest BCUT2D eigenvalue weighted by molar-refractivity contribution is -0.124. The Kier molecular flexibility index (Phi) is 5.44. The van der Waals surface area contributed by atoms with Crippen molar-refractivity contribution in [2.75, 3.05) is 18.0 Å². The van der Waals surface area contributed by atoms with E-state index in [0.717, 1.165) is 32.4 Å². The SMILES string of the molecule is CCCCN(CC1CCCCC1=O)c1ccccc1. The van der Waals surface area contributed by atoms with Crippen LogP contribution in [-0.4, -0.2) is 18.9 Å². The van der Waals surface area contributed by atoms with Gasteiger partial charge in [-0.3, -0.25) is 4.79 Å². The zero-order chi connectivity index (χ0) is 13.5. The summed E-state index contributed by atoms with van der Waals surface area (Å²) in [5.74, 6) is 0.731.